The van der Waals surface area contributed by atoms with Gasteiger partial charge in [0, 0.05) is 11.5 Å². The Morgan fingerprint density at radius 2 is 1.86 bits per heavy atom. The summed E-state index contributed by atoms with van der Waals surface area (Å²) in [4.78, 5) is 0. The molecule has 0 bridgehead atoms. The van der Waals surface area contributed by atoms with Crippen LogP contribution in [0, 0.1) is 16.7 Å². The third-order valence-corrected chi connectivity index (χ3v) is 4.39. The molecule has 0 atom stereocenters. The molecule has 116 valence electrons. The molecule has 0 amide bonds. The van der Waals surface area contributed by atoms with Crippen LogP contribution in [0.4, 0.5) is 0 Å². The minimum Gasteiger partial charge on any atom is -0.493 e. The van der Waals surface area contributed by atoms with E-state index in [-0.39, 0.29) is 5.41 Å². The van der Waals surface area contributed by atoms with Gasteiger partial charge in [-0.05, 0) is 30.7 Å². The van der Waals surface area contributed by atoms with Crippen molar-refractivity contribution in [1.29, 1.82) is 5.26 Å². The number of benzene rings is 1. The van der Waals surface area contributed by atoms with Crippen LogP contribution < -0.4 is 9.47 Å². The topological polar surface area (TPSA) is 42.2 Å². The number of nitriles is 1. The first-order valence-electron chi connectivity index (χ1n) is 7.46. The van der Waals surface area contributed by atoms with Gasteiger partial charge in [0.05, 0.1) is 25.3 Å². The van der Waals surface area contributed by atoms with E-state index in [0.29, 0.717) is 23.7 Å². The summed E-state index contributed by atoms with van der Waals surface area (Å²) >= 11 is 4.54. The van der Waals surface area contributed by atoms with Crippen molar-refractivity contribution < 1.29 is 9.47 Å². The summed E-state index contributed by atoms with van der Waals surface area (Å²) in [5.74, 6) is 2.11. The Kier molecular flexibility index (Phi) is 7.45. The van der Waals surface area contributed by atoms with Gasteiger partial charge in [-0.3, -0.25) is 0 Å². The van der Waals surface area contributed by atoms with E-state index in [9.17, 15) is 0 Å². The first kappa shape index (κ1) is 17.7. The first-order valence-corrected chi connectivity index (χ1v) is 8.09. The highest BCUT2D eigenvalue weighted by Crippen LogP contribution is 2.35. The number of hydrogen-bond acceptors (Lipinski definition) is 4. The molecular formula is C17H25NO2S. The second-order valence-corrected chi connectivity index (χ2v) is 5.74. The molecule has 0 aliphatic heterocycles. The highest BCUT2D eigenvalue weighted by atomic mass is 32.1. The smallest absolute Gasteiger partial charge is 0.162 e. The minimum atomic E-state index is 0.103. The lowest BCUT2D eigenvalue weighted by Crippen LogP contribution is -2.30. The molecule has 0 N–H and O–H groups in total. The Balaban J connectivity index is 2.87. The highest BCUT2D eigenvalue weighted by molar-refractivity contribution is 7.80. The summed E-state index contributed by atoms with van der Waals surface area (Å²) in [5.41, 5.74) is 0.674. The van der Waals surface area contributed by atoms with Crippen molar-refractivity contribution in [3.05, 3.63) is 23.8 Å². The van der Waals surface area contributed by atoms with E-state index in [4.69, 9.17) is 14.7 Å². The SMILES string of the molecule is CCCC(CS)(CCC)COc1ccc(C#N)cc1OC. The van der Waals surface area contributed by atoms with Crippen molar-refractivity contribution in [3.63, 3.8) is 0 Å². The number of methoxy groups -OCH3 is 1. The van der Waals surface area contributed by atoms with Gasteiger partial charge in [-0.1, -0.05) is 26.7 Å². The van der Waals surface area contributed by atoms with Crippen molar-refractivity contribution in [1.82, 2.24) is 0 Å². The van der Waals surface area contributed by atoms with E-state index in [1.807, 2.05) is 0 Å². The van der Waals surface area contributed by atoms with Crippen molar-refractivity contribution in [2.75, 3.05) is 19.5 Å². The number of hydrogen-bond donors (Lipinski definition) is 1. The van der Waals surface area contributed by atoms with Crippen LogP contribution in [0.3, 0.4) is 0 Å². The molecule has 0 aliphatic rings. The fraction of sp³-hybridized carbons (Fsp3) is 0.588. The van der Waals surface area contributed by atoms with Crippen LogP contribution in [-0.4, -0.2) is 19.5 Å². The van der Waals surface area contributed by atoms with Gasteiger partial charge in [0.1, 0.15) is 0 Å². The minimum absolute atomic E-state index is 0.103. The molecule has 21 heavy (non-hydrogen) atoms. The summed E-state index contributed by atoms with van der Waals surface area (Å²) in [7, 11) is 1.59. The Hall–Kier alpha value is -1.34. The Morgan fingerprint density at radius 3 is 2.33 bits per heavy atom. The maximum atomic E-state index is 8.93. The molecule has 0 heterocycles. The molecule has 0 unspecified atom stereocenters. The number of ether oxygens (including phenoxy) is 2. The lowest BCUT2D eigenvalue weighted by atomic mass is 9.82. The maximum Gasteiger partial charge on any atom is 0.162 e. The first-order chi connectivity index (χ1) is 10.1. The molecular weight excluding hydrogens is 282 g/mol. The van der Waals surface area contributed by atoms with Gasteiger partial charge in [0.15, 0.2) is 11.5 Å². The molecule has 4 heteroatoms. The summed E-state index contributed by atoms with van der Waals surface area (Å²) in [6.07, 6.45) is 4.44. The summed E-state index contributed by atoms with van der Waals surface area (Å²) in [5, 5.41) is 8.93. The number of nitrogens with zero attached hydrogens (tertiary/aromatic N) is 1. The van der Waals surface area contributed by atoms with E-state index in [1.54, 1.807) is 25.3 Å². The summed E-state index contributed by atoms with van der Waals surface area (Å²) in [6.45, 7) is 5.01. The molecule has 3 nitrogen and oxygen atoms in total. The number of thiol groups is 1. The van der Waals surface area contributed by atoms with E-state index in [2.05, 4.69) is 32.5 Å². The zero-order chi connectivity index (χ0) is 15.7. The van der Waals surface area contributed by atoms with Crippen molar-refractivity contribution in [3.8, 4) is 17.6 Å². The largest absolute Gasteiger partial charge is 0.493 e. The van der Waals surface area contributed by atoms with E-state index in [0.717, 1.165) is 31.4 Å². The van der Waals surface area contributed by atoms with E-state index in [1.165, 1.54) is 0 Å². The predicted molar refractivity (Wildman–Crippen MR) is 89.3 cm³/mol. The van der Waals surface area contributed by atoms with E-state index >= 15 is 0 Å². The van der Waals surface area contributed by atoms with Crippen LogP contribution in [0.2, 0.25) is 0 Å². The predicted octanol–water partition coefficient (Wildman–Crippen LogP) is 4.46. The van der Waals surface area contributed by atoms with Gasteiger partial charge in [-0.25, -0.2) is 0 Å². The second kappa shape index (κ2) is 8.84. The van der Waals surface area contributed by atoms with Crippen LogP contribution >= 0.6 is 12.6 Å². The van der Waals surface area contributed by atoms with Gasteiger partial charge in [0.2, 0.25) is 0 Å². The van der Waals surface area contributed by atoms with Crippen molar-refractivity contribution in [2.45, 2.75) is 39.5 Å². The second-order valence-electron chi connectivity index (χ2n) is 5.42. The molecule has 0 fully saturated rings. The molecule has 0 radical (unpaired) electrons. The highest BCUT2D eigenvalue weighted by Gasteiger charge is 2.28. The molecule has 1 aromatic rings. The molecule has 0 saturated carbocycles. The van der Waals surface area contributed by atoms with Gasteiger partial charge in [-0.15, -0.1) is 0 Å². The van der Waals surface area contributed by atoms with E-state index < -0.39 is 0 Å². The normalized spacial score (nSPS) is 11.0. The fourth-order valence-corrected chi connectivity index (χ4v) is 3.03. The Bertz CT molecular complexity index is 476. The molecule has 0 saturated heterocycles. The molecule has 0 aliphatic carbocycles. The summed E-state index contributed by atoms with van der Waals surface area (Å²) < 4.78 is 11.3. The Labute approximate surface area is 133 Å². The molecule has 1 aromatic carbocycles. The monoisotopic (exact) mass is 307 g/mol. The van der Waals surface area contributed by atoms with Crippen LogP contribution in [-0.2, 0) is 0 Å². The van der Waals surface area contributed by atoms with Crippen LogP contribution in [0.5, 0.6) is 11.5 Å². The van der Waals surface area contributed by atoms with Gasteiger partial charge < -0.3 is 9.47 Å². The average Bonchev–Trinajstić information content (AvgIpc) is 2.52. The average molecular weight is 307 g/mol. The lowest BCUT2D eigenvalue weighted by molar-refractivity contribution is 0.140. The van der Waals surface area contributed by atoms with Crippen molar-refractivity contribution in [2.24, 2.45) is 5.41 Å². The lowest BCUT2D eigenvalue weighted by Gasteiger charge is -2.32. The van der Waals surface area contributed by atoms with Gasteiger partial charge in [0.25, 0.3) is 0 Å². The van der Waals surface area contributed by atoms with Crippen LogP contribution in [0.15, 0.2) is 18.2 Å². The standard InChI is InChI=1S/C17H25NO2S/c1-4-8-17(13-21,9-5-2)12-20-15-7-6-14(11-18)10-16(15)19-3/h6-7,10,21H,4-5,8-9,12-13H2,1-3H3. The third-order valence-electron chi connectivity index (χ3n) is 3.72. The van der Waals surface area contributed by atoms with Crippen LogP contribution in [0.25, 0.3) is 0 Å². The van der Waals surface area contributed by atoms with Crippen LogP contribution in [0.1, 0.15) is 45.1 Å². The quantitative estimate of drug-likeness (QED) is 0.685. The zero-order valence-electron chi connectivity index (χ0n) is 13.2. The maximum absolute atomic E-state index is 8.93. The Morgan fingerprint density at radius 1 is 1.19 bits per heavy atom. The van der Waals surface area contributed by atoms with Gasteiger partial charge in [-0.2, -0.15) is 17.9 Å². The zero-order valence-corrected chi connectivity index (χ0v) is 14.1. The molecule has 1 rings (SSSR count). The summed E-state index contributed by atoms with van der Waals surface area (Å²) in [6, 6.07) is 7.36. The molecule has 0 spiro atoms. The molecule has 0 aromatic heterocycles. The van der Waals surface area contributed by atoms with Crippen molar-refractivity contribution >= 4 is 12.6 Å². The number of rotatable bonds is 9. The third kappa shape index (κ3) is 4.86. The van der Waals surface area contributed by atoms with Gasteiger partial charge >= 0.3 is 0 Å². The fourth-order valence-electron chi connectivity index (χ4n) is 2.62.